The third kappa shape index (κ3) is 3.57. The molecule has 0 aliphatic rings. The number of halogens is 2. The van der Waals surface area contributed by atoms with Crippen LogP contribution < -0.4 is 5.32 Å². The fourth-order valence-electron chi connectivity index (χ4n) is 3.14. The Hall–Kier alpha value is -2.93. The minimum Gasteiger partial charge on any atom is -0.464 e. The van der Waals surface area contributed by atoms with Crippen molar-refractivity contribution in [3.05, 3.63) is 71.8 Å². The van der Waals surface area contributed by atoms with Crippen molar-refractivity contribution >= 4 is 34.4 Å². The number of aromatic nitrogens is 2. The molecule has 0 bridgehead atoms. The van der Waals surface area contributed by atoms with Gasteiger partial charge in [0.1, 0.15) is 28.9 Å². The smallest absolute Gasteiger partial charge is 0.149 e. The molecule has 4 rings (SSSR count). The van der Waals surface area contributed by atoms with Crippen molar-refractivity contribution in [2.24, 2.45) is 0 Å². The molecule has 1 N–H and O–H groups in total. The largest absolute Gasteiger partial charge is 0.464 e. The van der Waals surface area contributed by atoms with Crippen LogP contribution in [0.5, 0.6) is 0 Å². The molecule has 0 saturated heterocycles. The van der Waals surface area contributed by atoms with Gasteiger partial charge in [-0.1, -0.05) is 0 Å². The molecule has 4 nitrogen and oxygen atoms in total. The zero-order valence-corrected chi connectivity index (χ0v) is 16.1. The van der Waals surface area contributed by atoms with Crippen LogP contribution in [0.4, 0.5) is 20.4 Å². The van der Waals surface area contributed by atoms with Gasteiger partial charge in [0.25, 0.3) is 0 Å². The Labute approximate surface area is 165 Å². The van der Waals surface area contributed by atoms with Crippen molar-refractivity contribution in [1.29, 1.82) is 0 Å². The first kappa shape index (κ1) is 18.4. The molecule has 142 valence electrons. The number of hydrogen-bond acceptors (Lipinski definition) is 5. The summed E-state index contributed by atoms with van der Waals surface area (Å²) in [5.74, 6) is 1.01. The van der Waals surface area contributed by atoms with Crippen molar-refractivity contribution in [3.63, 3.8) is 0 Å². The highest BCUT2D eigenvalue weighted by Crippen LogP contribution is 2.33. The highest BCUT2D eigenvalue weighted by atomic mass is 32.2. The van der Waals surface area contributed by atoms with E-state index in [1.54, 1.807) is 17.8 Å². The number of aryl methyl sites for hydroxylation is 1. The first-order chi connectivity index (χ1) is 13.5. The molecule has 0 radical (unpaired) electrons. The van der Waals surface area contributed by atoms with E-state index < -0.39 is 11.6 Å². The lowest BCUT2D eigenvalue weighted by Crippen LogP contribution is -2.00. The van der Waals surface area contributed by atoms with E-state index in [0.29, 0.717) is 28.2 Å². The van der Waals surface area contributed by atoms with Crippen LogP contribution in [0.3, 0.4) is 0 Å². The van der Waals surface area contributed by atoms with Crippen LogP contribution in [0.2, 0.25) is 0 Å². The number of rotatable bonds is 5. The van der Waals surface area contributed by atoms with Crippen LogP contribution in [0.15, 0.2) is 53.3 Å². The standard InChI is InChI=1S/C21H17F2N3OS/c1-12-7-13(11-28-2)8-20(25-12)26-19-9-16(18(23)10-24-19)14-3-4-17(22)15-5-6-27-21(14)15/h3-10H,11H2,1-2H3,(H,24,25,26). The second-order valence-electron chi connectivity index (χ2n) is 6.37. The summed E-state index contributed by atoms with van der Waals surface area (Å²) in [6.07, 6.45) is 4.56. The molecule has 1 aromatic carbocycles. The average molecular weight is 397 g/mol. The van der Waals surface area contributed by atoms with Crippen LogP contribution in [0.25, 0.3) is 22.1 Å². The summed E-state index contributed by atoms with van der Waals surface area (Å²) in [5.41, 5.74) is 3.05. The van der Waals surface area contributed by atoms with E-state index >= 15 is 0 Å². The van der Waals surface area contributed by atoms with E-state index in [0.717, 1.165) is 23.2 Å². The van der Waals surface area contributed by atoms with Gasteiger partial charge in [-0.15, -0.1) is 0 Å². The Morgan fingerprint density at radius 3 is 2.71 bits per heavy atom. The highest BCUT2D eigenvalue weighted by Gasteiger charge is 2.15. The number of furan rings is 1. The van der Waals surface area contributed by atoms with E-state index in [1.807, 2.05) is 25.3 Å². The SMILES string of the molecule is CSCc1cc(C)nc(Nc2cc(-c3ccc(F)c4ccoc34)c(F)cn2)c1. The first-order valence-corrected chi connectivity index (χ1v) is 9.99. The third-order valence-corrected chi connectivity index (χ3v) is 4.91. The minimum atomic E-state index is -0.518. The van der Waals surface area contributed by atoms with Gasteiger partial charge >= 0.3 is 0 Å². The number of anilines is 2. The Morgan fingerprint density at radius 2 is 1.89 bits per heavy atom. The summed E-state index contributed by atoms with van der Waals surface area (Å²) in [7, 11) is 0. The van der Waals surface area contributed by atoms with Crippen LogP contribution in [-0.4, -0.2) is 16.2 Å². The van der Waals surface area contributed by atoms with Crippen LogP contribution in [-0.2, 0) is 5.75 Å². The summed E-state index contributed by atoms with van der Waals surface area (Å²) < 4.78 is 33.8. The minimum absolute atomic E-state index is 0.273. The number of nitrogens with one attached hydrogen (secondary N) is 1. The summed E-state index contributed by atoms with van der Waals surface area (Å²) in [6, 6.07) is 9.87. The van der Waals surface area contributed by atoms with Crippen LogP contribution in [0.1, 0.15) is 11.3 Å². The van der Waals surface area contributed by atoms with Crippen LogP contribution >= 0.6 is 11.8 Å². The topological polar surface area (TPSA) is 51.0 Å². The molecule has 0 saturated carbocycles. The van der Waals surface area contributed by atoms with Crippen molar-refractivity contribution in [2.45, 2.75) is 12.7 Å². The van der Waals surface area contributed by atoms with Gasteiger partial charge in [-0.05, 0) is 55.1 Å². The van der Waals surface area contributed by atoms with Crippen molar-refractivity contribution in [2.75, 3.05) is 11.6 Å². The maximum Gasteiger partial charge on any atom is 0.149 e. The highest BCUT2D eigenvalue weighted by molar-refractivity contribution is 7.97. The fraction of sp³-hybridized carbons (Fsp3) is 0.143. The van der Waals surface area contributed by atoms with Gasteiger partial charge in [0.2, 0.25) is 0 Å². The summed E-state index contributed by atoms with van der Waals surface area (Å²) in [5, 5.41) is 3.44. The fourth-order valence-corrected chi connectivity index (χ4v) is 3.64. The molecular weight excluding hydrogens is 380 g/mol. The van der Waals surface area contributed by atoms with Gasteiger partial charge in [0.05, 0.1) is 17.8 Å². The summed E-state index contributed by atoms with van der Waals surface area (Å²) in [6.45, 7) is 1.92. The quantitative estimate of drug-likeness (QED) is 0.442. The van der Waals surface area contributed by atoms with Crippen molar-refractivity contribution in [3.8, 4) is 11.1 Å². The Kier molecular flexibility index (Phi) is 5.00. The Bertz CT molecular complexity index is 1160. The van der Waals surface area contributed by atoms with Gasteiger partial charge in [-0.2, -0.15) is 11.8 Å². The zero-order chi connectivity index (χ0) is 19.7. The molecule has 28 heavy (non-hydrogen) atoms. The molecule has 0 unspecified atom stereocenters. The number of fused-ring (bicyclic) bond motifs is 1. The lowest BCUT2D eigenvalue weighted by Gasteiger charge is -2.11. The molecule has 4 aromatic rings. The molecule has 7 heteroatoms. The second kappa shape index (κ2) is 7.59. The number of benzene rings is 1. The van der Waals surface area contributed by atoms with Gasteiger partial charge in [0, 0.05) is 22.6 Å². The molecule has 3 heterocycles. The van der Waals surface area contributed by atoms with E-state index in [1.165, 1.54) is 24.5 Å². The van der Waals surface area contributed by atoms with Crippen LogP contribution in [0, 0.1) is 18.6 Å². The van der Waals surface area contributed by atoms with E-state index in [4.69, 9.17) is 4.42 Å². The Morgan fingerprint density at radius 1 is 1.04 bits per heavy atom. The normalized spacial score (nSPS) is 11.1. The molecule has 0 spiro atoms. The molecular formula is C21H17F2N3OS. The molecule has 3 aromatic heterocycles. The average Bonchev–Trinajstić information content (AvgIpc) is 3.15. The molecule has 0 atom stereocenters. The molecule has 0 fully saturated rings. The monoisotopic (exact) mass is 397 g/mol. The zero-order valence-electron chi connectivity index (χ0n) is 15.3. The number of pyridine rings is 2. The Balaban J connectivity index is 1.74. The van der Waals surface area contributed by atoms with Crippen molar-refractivity contribution < 1.29 is 13.2 Å². The molecule has 0 amide bonds. The van der Waals surface area contributed by atoms with E-state index in [-0.39, 0.29) is 5.56 Å². The third-order valence-electron chi connectivity index (χ3n) is 4.29. The second-order valence-corrected chi connectivity index (χ2v) is 7.23. The maximum atomic E-state index is 14.5. The summed E-state index contributed by atoms with van der Waals surface area (Å²) >= 11 is 1.72. The van der Waals surface area contributed by atoms with Gasteiger partial charge < -0.3 is 9.73 Å². The number of nitrogens with zero attached hydrogens (tertiary/aromatic N) is 2. The predicted octanol–water partition coefficient (Wildman–Crippen LogP) is 6.08. The van der Waals surface area contributed by atoms with Gasteiger partial charge in [-0.25, -0.2) is 18.7 Å². The lowest BCUT2D eigenvalue weighted by atomic mass is 10.0. The predicted molar refractivity (Wildman–Crippen MR) is 109 cm³/mol. The molecule has 0 aliphatic carbocycles. The van der Waals surface area contributed by atoms with Gasteiger partial charge in [0.15, 0.2) is 0 Å². The van der Waals surface area contributed by atoms with Gasteiger partial charge in [-0.3, -0.25) is 0 Å². The maximum absolute atomic E-state index is 14.5. The number of hydrogen-bond donors (Lipinski definition) is 1. The van der Waals surface area contributed by atoms with E-state index in [2.05, 4.69) is 15.3 Å². The summed E-state index contributed by atoms with van der Waals surface area (Å²) in [4.78, 5) is 8.58. The van der Waals surface area contributed by atoms with E-state index in [9.17, 15) is 8.78 Å². The lowest BCUT2D eigenvalue weighted by molar-refractivity contribution is 0.607. The first-order valence-electron chi connectivity index (χ1n) is 8.60. The number of thioether (sulfide) groups is 1. The molecule has 0 aliphatic heterocycles. The van der Waals surface area contributed by atoms with Crippen molar-refractivity contribution in [1.82, 2.24) is 9.97 Å².